The Balaban J connectivity index is 1.52. The van der Waals surface area contributed by atoms with E-state index >= 15 is 0 Å². The molecule has 2 aliphatic rings. The van der Waals surface area contributed by atoms with Gasteiger partial charge in [0.1, 0.15) is 28.8 Å². The van der Waals surface area contributed by atoms with E-state index < -0.39 is 59.0 Å². The molecule has 0 spiro atoms. The Labute approximate surface area is 226 Å². The number of nitrogens with zero attached hydrogens (tertiary/aromatic N) is 3. The summed E-state index contributed by atoms with van der Waals surface area (Å²) in [5, 5.41) is 35.2. The van der Waals surface area contributed by atoms with Crippen LogP contribution in [0.2, 0.25) is 0 Å². The fourth-order valence-corrected chi connectivity index (χ4v) is 5.36. The van der Waals surface area contributed by atoms with E-state index in [1.807, 2.05) is 4.90 Å². The van der Waals surface area contributed by atoms with Gasteiger partial charge in [0.15, 0.2) is 0 Å². The molecule has 1 aromatic carbocycles. The highest BCUT2D eigenvalue weighted by molar-refractivity contribution is 6.05. The smallest absolute Gasteiger partial charge is 0.405 e. The fraction of sp³-hybridized carbons (Fsp3) is 0.333. The second-order valence-corrected chi connectivity index (χ2v) is 9.95. The summed E-state index contributed by atoms with van der Waals surface area (Å²) in [5.74, 6) is -4.28. The lowest BCUT2D eigenvalue weighted by molar-refractivity contribution is 0.0633. The first-order chi connectivity index (χ1) is 19.0. The molecule has 3 aromatic rings. The van der Waals surface area contributed by atoms with Crippen LogP contribution in [0.1, 0.15) is 41.2 Å². The SMILES string of the molecule is C[C@H]1CN(c2c(NC(=O)c3ccc(F)c(-c4c(F)cccc4F)n3)cnc3c2CCC3O)C[C@@H](NC(=O)O)[C@@H]1O. The van der Waals surface area contributed by atoms with E-state index in [0.717, 1.165) is 30.3 Å². The van der Waals surface area contributed by atoms with E-state index in [1.54, 1.807) is 6.92 Å². The topological polar surface area (TPSA) is 148 Å². The van der Waals surface area contributed by atoms with Gasteiger partial charge in [0, 0.05) is 24.6 Å². The predicted molar refractivity (Wildman–Crippen MR) is 137 cm³/mol. The second kappa shape index (κ2) is 10.7. The van der Waals surface area contributed by atoms with Gasteiger partial charge < -0.3 is 30.9 Å². The van der Waals surface area contributed by atoms with Gasteiger partial charge >= 0.3 is 6.09 Å². The first-order valence-electron chi connectivity index (χ1n) is 12.6. The zero-order chi connectivity index (χ0) is 28.7. The van der Waals surface area contributed by atoms with Gasteiger partial charge in [0.25, 0.3) is 5.91 Å². The molecule has 2 amide bonds. The van der Waals surface area contributed by atoms with Crippen molar-refractivity contribution in [2.45, 2.75) is 38.0 Å². The van der Waals surface area contributed by atoms with Crippen LogP contribution in [-0.4, -0.2) is 62.5 Å². The highest BCUT2D eigenvalue weighted by Crippen LogP contribution is 2.42. The maximum absolute atomic E-state index is 14.6. The number of hydrogen-bond donors (Lipinski definition) is 5. The van der Waals surface area contributed by atoms with Crippen molar-refractivity contribution in [2.75, 3.05) is 23.3 Å². The number of aliphatic hydroxyl groups is 2. The first kappa shape index (κ1) is 27.3. The van der Waals surface area contributed by atoms with Gasteiger partial charge in [-0.15, -0.1) is 0 Å². The lowest BCUT2D eigenvalue weighted by atomic mass is 9.91. The molecule has 0 radical (unpaired) electrons. The van der Waals surface area contributed by atoms with Crippen LogP contribution in [0, 0.1) is 23.4 Å². The number of carbonyl (C=O) groups is 2. The Morgan fingerprint density at radius 3 is 2.48 bits per heavy atom. The predicted octanol–water partition coefficient (Wildman–Crippen LogP) is 3.25. The number of anilines is 2. The first-order valence-corrected chi connectivity index (χ1v) is 12.6. The summed E-state index contributed by atoms with van der Waals surface area (Å²) in [4.78, 5) is 34.7. The highest BCUT2D eigenvalue weighted by Gasteiger charge is 2.38. The summed E-state index contributed by atoms with van der Waals surface area (Å²) in [5.41, 5.74) is 0.0873. The number of pyridine rings is 2. The van der Waals surface area contributed by atoms with Crippen LogP contribution in [0.5, 0.6) is 0 Å². The van der Waals surface area contributed by atoms with Crippen molar-refractivity contribution in [3.63, 3.8) is 0 Å². The minimum absolute atomic E-state index is 0.0682. The molecular weight excluding hydrogens is 531 g/mol. The van der Waals surface area contributed by atoms with E-state index in [1.165, 1.54) is 6.20 Å². The Hall–Kier alpha value is -4.23. The Bertz CT molecular complexity index is 1470. The number of halogens is 3. The summed E-state index contributed by atoms with van der Waals surface area (Å²) in [6, 6.07) is 4.15. The number of nitrogens with one attached hydrogen (secondary N) is 2. The van der Waals surface area contributed by atoms with Crippen LogP contribution in [0.4, 0.5) is 29.3 Å². The average molecular weight is 558 g/mol. The second-order valence-electron chi connectivity index (χ2n) is 9.95. The van der Waals surface area contributed by atoms with Crippen molar-refractivity contribution in [2.24, 2.45) is 5.92 Å². The van der Waals surface area contributed by atoms with Crippen molar-refractivity contribution >= 4 is 23.4 Å². The van der Waals surface area contributed by atoms with Crippen molar-refractivity contribution in [1.29, 1.82) is 0 Å². The summed E-state index contributed by atoms with van der Waals surface area (Å²) >= 11 is 0. The summed E-state index contributed by atoms with van der Waals surface area (Å²) < 4.78 is 43.2. The minimum atomic E-state index is -1.30. The maximum atomic E-state index is 14.6. The van der Waals surface area contributed by atoms with Crippen molar-refractivity contribution in [3.8, 4) is 11.3 Å². The van der Waals surface area contributed by atoms with Gasteiger partial charge in [0.2, 0.25) is 0 Å². The Morgan fingerprint density at radius 2 is 1.77 bits per heavy atom. The lowest BCUT2D eigenvalue weighted by Crippen LogP contribution is -2.58. The van der Waals surface area contributed by atoms with E-state index in [2.05, 4.69) is 20.6 Å². The van der Waals surface area contributed by atoms with E-state index in [-0.39, 0.29) is 23.8 Å². The van der Waals surface area contributed by atoms with Crippen molar-refractivity contribution in [1.82, 2.24) is 15.3 Å². The molecule has 3 heterocycles. The zero-order valence-electron chi connectivity index (χ0n) is 21.2. The van der Waals surface area contributed by atoms with Crippen LogP contribution in [0.15, 0.2) is 36.5 Å². The maximum Gasteiger partial charge on any atom is 0.405 e. The number of piperidine rings is 1. The molecule has 2 aromatic heterocycles. The summed E-state index contributed by atoms with van der Waals surface area (Å²) in [6.07, 6.45) is -0.906. The molecule has 10 nitrogen and oxygen atoms in total. The molecule has 1 aliphatic carbocycles. The number of hydrogen-bond acceptors (Lipinski definition) is 7. The summed E-state index contributed by atoms with van der Waals surface area (Å²) in [7, 11) is 0. The highest BCUT2D eigenvalue weighted by atomic mass is 19.1. The normalized spacial score (nSPS) is 22.1. The van der Waals surface area contributed by atoms with Gasteiger partial charge in [-0.3, -0.25) is 9.78 Å². The summed E-state index contributed by atoms with van der Waals surface area (Å²) in [6.45, 7) is 2.13. The van der Waals surface area contributed by atoms with Gasteiger partial charge in [-0.1, -0.05) is 13.0 Å². The number of carbonyl (C=O) groups excluding carboxylic acids is 1. The van der Waals surface area contributed by atoms with Crippen molar-refractivity contribution in [3.05, 3.63) is 70.9 Å². The standard InChI is InChI=1S/C27H26F3N5O5/c1-12-10-35(11-19(25(12)37)34-27(39)40)24-13-5-8-20(36)22(13)31-9-18(24)33-26(38)17-7-6-16(30)23(32-17)21-14(28)3-2-4-15(21)29/h2-4,6-7,9,12,19-20,25,34,36-37H,5,8,10-11H2,1H3,(H,33,38)(H,39,40)/t12-,19+,20?,25+/m0/s1. The van der Waals surface area contributed by atoms with E-state index in [0.29, 0.717) is 36.3 Å². The van der Waals surface area contributed by atoms with Crippen LogP contribution in [-0.2, 0) is 6.42 Å². The van der Waals surface area contributed by atoms with Crippen molar-refractivity contribution < 1.29 is 38.1 Å². The zero-order valence-corrected chi connectivity index (χ0v) is 21.2. The molecule has 5 rings (SSSR count). The molecule has 13 heteroatoms. The molecule has 210 valence electrons. The molecule has 1 aliphatic heterocycles. The number of rotatable bonds is 5. The van der Waals surface area contributed by atoms with Gasteiger partial charge in [-0.05, 0) is 37.1 Å². The molecule has 1 saturated heterocycles. The molecule has 0 bridgehead atoms. The van der Waals surface area contributed by atoms with Crippen LogP contribution in [0.25, 0.3) is 11.3 Å². The van der Waals surface area contributed by atoms with Crippen LogP contribution in [0.3, 0.4) is 0 Å². The third kappa shape index (κ3) is 5.05. The van der Waals surface area contributed by atoms with Gasteiger partial charge in [-0.25, -0.2) is 22.9 Å². The average Bonchev–Trinajstić information content (AvgIpc) is 3.27. The fourth-order valence-electron chi connectivity index (χ4n) is 5.36. The van der Waals surface area contributed by atoms with E-state index in [9.17, 15) is 38.1 Å². The quantitative estimate of drug-likeness (QED) is 0.321. The molecule has 4 atom stereocenters. The molecule has 0 saturated carbocycles. The van der Waals surface area contributed by atoms with Gasteiger partial charge in [0.05, 0.1) is 47.1 Å². The Morgan fingerprint density at radius 1 is 1.05 bits per heavy atom. The number of benzene rings is 1. The monoisotopic (exact) mass is 557 g/mol. The molecule has 5 N–H and O–H groups in total. The third-order valence-corrected chi connectivity index (χ3v) is 7.24. The molecule has 40 heavy (non-hydrogen) atoms. The minimum Gasteiger partial charge on any atom is -0.465 e. The number of aliphatic hydroxyl groups excluding tert-OH is 2. The molecule has 1 fully saturated rings. The largest absolute Gasteiger partial charge is 0.465 e. The lowest BCUT2D eigenvalue weighted by Gasteiger charge is -2.42. The number of amides is 2. The number of fused-ring (bicyclic) bond motifs is 1. The third-order valence-electron chi connectivity index (χ3n) is 7.24. The number of aromatic nitrogens is 2. The van der Waals surface area contributed by atoms with E-state index in [4.69, 9.17) is 0 Å². The number of carboxylic acid groups (broad SMARTS) is 1. The molecule has 1 unspecified atom stereocenters. The van der Waals surface area contributed by atoms with Crippen LogP contribution < -0.4 is 15.5 Å². The molecular formula is C27H26F3N5O5. The van der Waals surface area contributed by atoms with Crippen LogP contribution >= 0.6 is 0 Å². The Kier molecular flexibility index (Phi) is 7.34. The van der Waals surface area contributed by atoms with Gasteiger partial charge in [-0.2, -0.15) is 0 Å².